The number of nitriles is 1. The summed E-state index contributed by atoms with van der Waals surface area (Å²) in [6.07, 6.45) is 2.98. The highest BCUT2D eigenvalue weighted by Gasteiger charge is 2.19. The summed E-state index contributed by atoms with van der Waals surface area (Å²) in [5, 5.41) is 9.33. The van der Waals surface area contributed by atoms with Crippen molar-refractivity contribution in [3.63, 3.8) is 0 Å². The number of aromatic nitrogens is 1. The molecule has 0 amide bonds. The maximum Gasteiger partial charge on any atom is 0.146 e. The highest BCUT2D eigenvalue weighted by molar-refractivity contribution is 5.53. The molecule has 1 aromatic carbocycles. The van der Waals surface area contributed by atoms with Gasteiger partial charge in [0, 0.05) is 44.5 Å². The third-order valence-electron chi connectivity index (χ3n) is 4.52. The van der Waals surface area contributed by atoms with Gasteiger partial charge in [-0.3, -0.25) is 4.90 Å². The molecule has 1 aromatic heterocycles. The zero-order chi connectivity index (χ0) is 18.4. The van der Waals surface area contributed by atoms with Crippen molar-refractivity contribution < 1.29 is 4.74 Å². The van der Waals surface area contributed by atoms with Crippen molar-refractivity contribution >= 4 is 5.82 Å². The van der Waals surface area contributed by atoms with E-state index in [1.807, 2.05) is 24.3 Å². The molecule has 136 valence electrons. The van der Waals surface area contributed by atoms with E-state index in [2.05, 4.69) is 46.8 Å². The third-order valence-corrected chi connectivity index (χ3v) is 4.52. The summed E-state index contributed by atoms with van der Waals surface area (Å²) in [6, 6.07) is 14.2. The van der Waals surface area contributed by atoms with Crippen molar-refractivity contribution in [3.8, 4) is 11.8 Å². The smallest absolute Gasteiger partial charge is 0.146 e. The zero-order valence-electron chi connectivity index (χ0n) is 15.6. The minimum absolute atomic E-state index is 0.171. The van der Waals surface area contributed by atoms with Gasteiger partial charge in [0.2, 0.25) is 0 Å². The highest BCUT2D eigenvalue weighted by atomic mass is 16.5. The Balaban J connectivity index is 1.67. The van der Waals surface area contributed by atoms with Crippen LogP contribution in [0.2, 0.25) is 0 Å². The topological polar surface area (TPSA) is 52.4 Å². The Bertz CT molecular complexity index is 769. The third kappa shape index (κ3) is 4.53. The molecule has 0 radical (unpaired) electrons. The Kier molecular flexibility index (Phi) is 6.08. The molecule has 5 nitrogen and oxygen atoms in total. The van der Waals surface area contributed by atoms with E-state index in [1.165, 1.54) is 5.56 Å². The van der Waals surface area contributed by atoms with Crippen LogP contribution in [0.5, 0.6) is 5.75 Å². The predicted molar refractivity (Wildman–Crippen MR) is 103 cm³/mol. The van der Waals surface area contributed by atoms with Gasteiger partial charge < -0.3 is 9.64 Å². The Labute approximate surface area is 155 Å². The van der Waals surface area contributed by atoms with Gasteiger partial charge in [0.1, 0.15) is 17.6 Å². The first-order valence-electron chi connectivity index (χ1n) is 9.24. The van der Waals surface area contributed by atoms with Gasteiger partial charge in [-0.2, -0.15) is 5.26 Å². The van der Waals surface area contributed by atoms with Crippen LogP contribution >= 0.6 is 0 Å². The fraction of sp³-hybridized carbons (Fsp3) is 0.429. The standard InChI is InChI=1S/C21H26N4O/c1-17(2)26-20-9-4-3-7-19(20)16-24-11-6-12-25(14-13-24)21-18(15-22)8-5-10-23-21/h3-5,7-10,17H,6,11-14,16H2,1-2H3. The lowest BCUT2D eigenvalue weighted by Crippen LogP contribution is -2.31. The summed E-state index contributed by atoms with van der Waals surface area (Å²) in [6.45, 7) is 8.76. The van der Waals surface area contributed by atoms with Crippen LogP contribution in [0.4, 0.5) is 5.82 Å². The van der Waals surface area contributed by atoms with Crippen molar-refractivity contribution in [2.24, 2.45) is 0 Å². The van der Waals surface area contributed by atoms with E-state index in [0.29, 0.717) is 5.56 Å². The number of ether oxygens (including phenoxy) is 1. The molecule has 1 aliphatic heterocycles. The Hall–Kier alpha value is -2.58. The minimum atomic E-state index is 0.171. The first kappa shape index (κ1) is 18.2. The molecule has 0 atom stereocenters. The van der Waals surface area contributed by atoms with Crippen molar-refractivity contribution in [3.05, 3.63) is 53.7 Å². The van der Waals surface area contributed by atoms with E-state index in [-0.39, 0.29) is 6.10 Å². The van der Waals surface area contributed by atoms with Gasteiger partial charge in [0.05, 0.1) is 11.7 Å². The molecule has 0 bridgehead atoms. The number of benzene rings is 1. The number of rotatable bonds is 5. The van der Waals surface area contributed by atoms with Crippen molar-refractivity contribution in [2.75, 3.05) is 31.1 Å². The molecule has 3 rings (SSSR count). The molecule has 5 heteroatoms. The van der Waals surface area contributed by atoms with Gasteiger partial charge in [-0.1, -0.05) is 18.2 Å². The van der Waals surface area contributed by atoms with Crippen LogP contribution < -0.4 is 9.64 Å². The number of hydrogen-bond acceptors (Lipinski definition) is 5. The molecule has 1 fully saturated rings. The molecule has 2 aromatic rings. The summed E-state index contributed by atoms with van der Waals surface area (Å²) in [4.78, 5) is 9.12. The SMILES string of the molecule is CC(C)Oc1ccccc1CN1CCCN(c2ncccc2C#N)CC1. The molecule has 0 unspecified atom stereocenters. The van der Waals surface area contributed by atoms with E-state index < -0.39 is 0 Å². The van der Waals surface area contributed by atoms with Crippen molar-refractivity contribution in [2.45, 2.75) is 32.9 Å². The second-order valence-electron chi connectivity index (χ2n) is 6.88. The summed E-state index contributed by atoms with van der Waals surface area (Å²) in [5.41, 5.74) is 1.88. The van der Waals surface area contributed by atoms with Gasteiger partial charge in [-0.15, -0.1) is 0 Å². The maximum atomic E-state index is 9.33. The Morgan fingerprint density at radius 2 is 1.96 bits per heavy atom. The van der Waals surface area contributed by atoms with Crippen LogP contribution in [-0.2, 0) is 6.54 Å². The predicted octanol–water partition coefficient (Wildman–Crippen LogP) is 3.45. The van der Waals surface area contributed by atoms with Gasteiger partial charge >= 0.3 is 0 Å². The second kappa shape index (κ2) is 8.68. The van der Waals surface area contributed by atoms with E-state index in [1.54, 1.807) is 6.20 Å². The van der Waals surface area contributed by atoms with Crippen LogP contribution in [0.1, 0.15) is 31.4 Å². The lowest BCUT2D eigenvalue weighted by molar-refractivity contribution is 0.230. The number of para-hydroxylation sites is 1. The second-order valence-corrected chi connectivity index (χ2v) is 6.88. The summed E-state index contributed by atoms with van der Waals surface area (Å²) < 4.78 is 5.96. The number of nitrogens with zero attached hydrogens (tertiary/aromatic N) is 4. The summed E-state index contributed by atoms with van der Waals surface area (Å²) in [5.74, 6) is 1.78. The zero-order valence-corrected chi connectivity index (χ0v) is 15.6. The molecule has 0 saturated carbocycles. The van der Waals surface area contributed by atoms with E-state index in [0.717, 1.165) is 50.7 Å². The molecular weight excluding hydrogens is 324 g/mol. The van der Waals surface area contributed by atoms with E-state index in [9.17, 15) is 5.26 Å². The molecule has 1 saturated heterocycles. The lowest BCUT2D eigenvalue weighted by atomic mass is 10.2. The van der Waals surface area contributed by atoms with Crippen molar-refractivity contribution in [1.82, 2.24) is 9.88 Å². The Morgan fingerprint density at radius 1 is 1.12 bits per heavy atom. The minimum Gasteiger partial charge on any atom is -0.491 e. The van der Waals surface area contributed by atoms with Crippen molar-refractivity contribution in [1.29, 1.82) is 5.26 Å². The van der Waals surface area contributed by atoms with Crippen LogP contribution in [-0.4, -0.2) is 42.2 Å². The monoisotopic (exact) mass is 350 g/mol. The van der Waals surface area contributed by atoms with Gasteiger partial charge in [0.15, 0.2) is 0 Å². The normalized spacial score (nSPS) is 15.5. The molecule has 0 N–H and O–H groups in total. The molecule has 26 heavy (non-hydrogen) atoms. The van der Waals surface area contributed by atoms with Crippen LogP contribution in [0.25, 0.3) is 0 Å². The summed E-state index contributed by atoms with van der Waals surface area (Å²) >= 11 is 0. The molecular formula is C21H26N4O. The lowest BCUT2D eigenvalue weighted by Gasteiger charge is -2.24. The highest BCUT2D eigenvalue weighted by Crippen LogP contribution is 2.23. The van der Waals surface area contributed by atoms with Crippen LogP contribution in [0.3, 0.4) is 0 Å². The van der Waals surface area contributed by atoms with E-state index in [4.69, 9.17) is 4.74 Å². The maximum absolute atomic E-state index is 9.33. The first-order chi connectivity index (χ1) is 12.7. The van der Waals surface area contributed by atoms with Gasteiger partial charge in [-0.25, -0.2) is 4.98 Å². The fourth-order valence-electron chi connectivity index (χ4n) is 3.32. The average molecular weight is 350 g/mol. The summed E-state index contributed by atoms with van der Waals surface area (Å²) in [7, 11) is 0. The number of hydrogen-bond donors (Lipinski definition) is 0. The van der Waals surface area contributed by atoms with E-state index >= 15 is 0 Å². The fourth-order valence-corrected chi connectivity index (χ4v) is 3.32. The number of anilines is 1. The van der Waals surface area contributed by atoms with Gasteiger partial charge in [0.25, 0.3) is 0 Å². The molecule has 2 heterocycles. The molecule has 0 spiro atoms. The molecule has 1 aliphatic rings. The Morgan fingerprint density at radius 3 is 2.77 bits per heavy atom. The quantitative estimate of drug-likeness (QED) is 0.827. The first-order valence-corrected chi connectivity index (χ1v) is 9.24. The average Bonchev–Trinajstić information content (AvgIpc) is 2.88. The van der Waals surface area contributed by atoms with Crippen LogP contribution in [0, 0.1) is 11.3 Å². The number of pyridine rings is 1. The molecule has 0 aliphatic carbocycles. The largest absolute Gasteiger partial charge is 0.491 e. The van der Waals surface area contributed by atoms with Gasteiger partial charge in [-0.05, 0) is 38.5 Å². The van der Waals surface area contributed by atoms with Crippen LogP contribution in [0.15, 0.2) is 42.6 Å².